The van der Waals surface area contributed by atoms with E-state index in [0.717, 1.165) is 13.1 Å². The van der Waals surface area contributed by atoms with E-state index in [1.54, 1.807) is 5.38 Å². The molecule has 62 valence electrons. The van der Waals surface area contributed by atoms with Gasteiger partial charge in [-0.3, -0.25) is 0 Å². The Labute approximate surface area is 73.8 Å². The van der Waals surface area contributed by atoms with Gasteiger partial charge in [0.15, 0.2) is 5.69 Å². The molecule has 0 saturated carbocycles. The summed E-state index contributed by atoms with van der Waals surface area (Å²) in [7, 11) is 0. The number of thiazole rings is 1. The van der Waals surface area contributed by atoms with Crippen molar-refractivity contribution in [3.8, 4) is 11.3 Å². The summed E-state index contributed by atoms with van der Waals surface area (Å²) < 4.78 is 5.43. The molecule has 1 aromatic heterocycles. The predicted octanol–water partition coefficient (Wildman–Crippen LogP) is 0.365. The van der Waals surface area contributed by atoms with Gasteiger partial charge < -0.3 is 10.1 Å². The molecule has 4 nitrogen and oxygen atoms in total. The Morgan fingerprint density at radius 2 is 2.58 bits per heavy atom. The predicted molar refractivity (Wildman–Crippen MR) is 44.1 cm³/mol. The molecule has 2 heterocycles. The number of ether oxygens (including phenoxy) is 1. The molecule has 1 aliphatic heterocycles. The van der Waals surface area contributed by atoms with Gasteiger partial charge in [0.2, 0.25) is 0 Å². The van der Waals surface area contributed by atoms with Crippen molar-refractivity contribution in [3.63, 3.8) is 0 Å². The number of hydrogen-bond acceptors (Lipinski definition) is 5. The largest absolute Gasteiger partial charge is 0.464 e. The van der Waals surface area contributed by atoms with Gasteiger partial charge in [-0.15, -0.1) is 0 Å². The van der Waals surface area contributed by atoms with E-state index in [9.17, 15) is 0 Å². The summed E-state index contributed by atoms with van der Waals surface area (Å²) >= 11 is 1.37. The maximum absolute atomic E-state index is 8.48. The monoisotopic (exact) mass is 181 g/mol. The Bertz CT molecular complexity index is 313. The van der Waals surface area contributed by atoms with Crippen LogP contribution in [-0.4, -0.2) is 24.2 Å². The Kier molecular flexibility index (Phi) is 1.94. The summed E-state index contributed by atoms with van der Waals surface area (Å²) in [6, 6.07) is 1.96. The highest BCUT2D eigenvalue weighted by Gasteiger charge is 2.19. The van der Waals surface area contributed by atoms with Gasteiger partial charge in [-0.2, -0.15) is 10.2 Å². The van der Waals surface area contributed by atoms with Crippen molar-refractivity contribution in [2.24, 2.45) is 0 Å². The first-order valence-electron chi connectivity index (χ1n) is 3.61. The lowest BCUT2D eigenvalue weighted by molar-refractivity contribution is 0.141. The lowest BCUT2D eigenvalue weighted by Crippen LogP contribution is -2.50. The van der Waals surface area contributed by atoms with Crippen molar-refractivity contribution in [1.29, 1.82) is 5.26 Å². The lowest BCUT2D eigenvalue weighted by Gasteiger charge is -2.26. The molecule has 0 atom stereocenters. The SMILES string of the molecule is N#Cc1csc(OC2CNC2)n1. The van der Waals surface area contributed by atoms with E-state index in [0.29, 0.717) is 10.9 Å². The summed E-state index contributed by atoms with van der Waals surface area (Å²) in [4.78, 5) is 3.96. The number of nitrogens with zero attached hydrogens (tertiary/aromatic N) is 2. The van der Waals surface area contributed by atoms with Crippen LogP contribution in [0.15, 0.2) is 5.38 Å². The molecule has 0 aromatic carbocycles. The van der Waals surface area contributed by atoms with E-state index in [4.69, 9.17) is 10.00 Å². The fourth-order valence-electron chi connectivity index (χ4n) is 0.851. The Balaban J connectivity index is 1.99. The van der Waals surface area contributed by atoms with E-state index in [2.05, 4.69) is 10.3 Å². The molecular formula is C7H7N3OS. The topological polar surface area (TPSA) is 57.9 Å². The third-order valence-corrected chi connectivity index (χ3v) is 2.34. The van der Waals surface area contributed by atoms with E-state index in [-0.39, 0.29) is 6.10 Å². The summed E-state index contributed by atoms with van der Waals surface area (Å²) in [5.41, 5.74) is 0.433. The van der Waals surface area contributed by atoms with Crippen molar-refractivity contribution in [2.75, 3.05) is 13.1 Å². The highest BCUT2D eigenvalue weighted by atomic mass is 32.1. The van der Waals surface area contributed by atoms with Crippen LogP contribution in [0.2, 0.25) is 0 Å². The molecule has 2 rings (SSSR count). The van der Waals surface area contributed by atoms with Gasteiger partial charge in [0.25, 0.3) is 5.19 Å². The summed E-state index contributed by atoms with van der Waals surface area (Å²) in [5, 5.41) is 13.9. The van der Waals surface area contributed by atoms with Crippen molar-refractivity contribution in [2.45, 2.75) is 6.10 Å². The molecule has 1 saturated heterocycles. The molecule has 1 aliphatic rings. The zero-order valence-electron chi connectivity index (χ0n) is 6.28. The van der Waals surface area contributed by atoms with Gasteiger partial charge >= 0.3 is 0 Å². The molecule has 0 radical (unpaired) electrons. The average Bonchev–Trinajstić information content (AvgIpc) is 2.44. The quantitative estimate of drug-likeness (QED) is 0.716. The normalized spacial score (nSPS) is 16.6. The van der Waals surface area contributed by atoms with Gasteiger partial charge in [0, 0.05) is 18.5 Å². The zero-order chi connectivity index (χ0) is 8.39. The van der Waals surface area contributed by atoms with Crippen molar-refractivity contribution >= 4 is 11.3 Å². The number of hydrogen-bond donors (Lipinski definition) is 1. The second kappa shape index (κ2) is 3.09. The van der Waals surface area contributed by atoms with Gasteiger partial charge in [-0.25, -0.2) is 0 Å². The lowest BCUT2D eigenvalue weighted by atomic mass is 10.2. The standard InChI is InChI=1S/C7H7N3OS/c8-1-5-4-12-7(10-5)11-6-2-9-3-6/h4,6,9H,2-3H2. The minimum Gasteiger partial charge on any atom is -0.464 e. The van der Waals surface area contributed by atoms with Crippen LogP contribution in [0, 0.1) is 11.3 Å². The summed E-state index contributed by atoms with van der Waals surface area (Å²) in [6.45, 7) is 1.75. The number of nitrogens with one attached hydrogen (secondary N) is 1. The minimum atomic E-state index is 0.239. The van der Waals surface area contributed by atoms with Crippen molar-refractivity contribution in [1.82, 2.24) is 10.3 Å². The van der Waals surface area contributed by atoms with Crippen LogP contribution in [0.4, 0.5) is 0 Å². The number of rotatable bonds is 2. The Morgan fingerprint density at radius 1 is 1.75 bits per heavy atom. The average molecular weight is 181 g/mol. The summed E-state index contributed by atoms with van der Waals surface area (Å²) in [5.74, 6) is 0. The first-order chi connectivity index (χ1) is 5.88. The molecule has 0 bridgehead atoms. The van der Waals surface area contributed by atoms with Crippen LogP contribution in [0.25, 0.3) is 0 Å². The first kappa shape index (κ1) is 7.53. The molecule has 1 N–H and O–H groups in total. The zero-order valence-corrected chi connectivity index (χ0v) is 7.10. The molecule has 1 fully saturated rings. The second-order valence-corrected chi connectivity index (χ2v) is 3.33. The third-order valence-electron chi connectivity index (χ3n) is 1.61. The molecule has 0 amide bonds. The fourth-order valence-corrected chi connectivity index (χ4v) is 1.51. The van der Waals surface area contributed by atoms with Crippen molar-refractivity contribution < 1.29 is 4.74 Å². The Hall–Kier alpha value is -1.12. The van der Waals surface area contributed by atoms with E-state index >= 15 is 0 Å². The fraction of sp³-hybridized carbons (Fsp3) is 0.429. The van der Waals surface area contributed by atoms with Crippen LogP contribution in [0.5, 0.6) is 5.19 Å². The highest BCUT2D eigenvalue weighted by molar-refractivity contribution is 7.11. The molecule has 0 unspecified atom stereocenters. The van der Waals surface area contributed by atoms with Gasteiger partial charge in [-0.05, 0) is 0 Å². The van der Waals surface area contributed by atoms with Crippen LogP contribution in [-0.2, 0) is 0 Å². The molecule has 5 heteroatoms. The maximum Gasteiger partial charge on any atom is 0.274 e. The molecular weight excluding hydrogens is 174 g/mol. The maximum atomic E-state index is 8.48. The second-order valence-electron chi connectivity index (χ2n) is 2.51. The van der Waals surface area contributed by atoms with Gasteiger partial charge in [-0.1, -0.05) is 11.3 Å². The van der Waals surface area contributed by atoms with Crippen LogP contribution in [0.1, 0.15) is 5.69 Å². The van der Waals surface area contributed by atoms with Crippen LogP contribution >= 0.6 is 11.3 Å². The molecule has 0 aliphatic carbocycles. The minimum absolute atomic E-state index is 0.239. The molecule has 1 aromatic rings. The van der Waals surface area contributed by atoms with Gasteiger partial charge in [0.1, 0.15) is 12.2 Å². The summed E-state index contributed by atoms with van der Waals surface area (Å²) in [6.07, 6.45) is 0.239. The highest BCUT2D eigenvalue weighted by Crippen LogP contribution is 2.19. The third kappa shape index (κ3) is 1.40. The van der Waals surface area contributed by atoms with E-state index in [1.165, 1.54) is 11.3 Å². The van der Waals surface area contributed by atoms with Crippen molar-refractivity contribution in [3.05, 3.63) is 11.1 Å². The van der Waals surface area contributed by atoms with E-state index < -0.39 is 0 Å². The molecule has 0 spiro atoms. The Morgan fingerprint density at radius 3 is 3.08 bits per heavy atom. The van der Waals surface area contributed by atoms with Crippen LogP contribution in [0.3, 0.4) is 0 Å². The number of aromatic nitrogens is 1. The molecule has 12 heavy (non-hydrogen) atoms. The smallest absolute Gasteiger partial charge is 0.274 e. The van der Waals surface area contributed by atoms with Gasteiger partial charge in [0.05, 0.1) is 0 Å². The van der Waals surface area contributed by atoms with Crippen LogP contribution < -0.4 is 10.1 Å². The van der Waals surface area contributed by atoms with E-state index in [1.807, 2.05) is 6.07 Å². The number of nitriles is 1. The first-order valence-corrected chi connectivity index (χ1v) is 4.49.